The van der Waals surface area contributed by atoms with Crippen molar-refractivity contribution in [2.45, 2.75) is 39.8 Å². The third-order valence-corrected chi connectivity index (χ3v) is 2.38. The second kappa shape index (κ2) is 3.91. The minimum atomic E-state index is -0.863. The highest BCUT2D eigenvalue weighted by atomic mass is 19.1. The summed E-state index contributed by atoms with van der Waals surface area (Å²) in [6, 6.07) is 5.84. The Morgan fingerprint density at radius 1 is 1.15 bits per heavy atom. The van der Waals surface area contributed by atoms with Crippen LogP contribution in [0.1, 0.15) is 49.6 Å². The molecule has 0 N–H and O–H groups in total. The lowest BCUT2D eigenvalue weighted by Crippen LogP contribution is -1.95. The van der Waals surface area contributed by atoms with Gasteiger partial charge in [0.1, 0.15) is 6.17 Å². The molecule has 1 unspecified atom stereocenters. The van der Waals surface area contributed by atoms with Gasteiger partial charge in [0, 0.05) is 0 Å². The van der Waals surface area contributed by atoms with E-state index in [0.717, 1.165) is 5.56 Å². The number of hydrogen-bond acceptors (Lipinski definition) is 0. The van der Waals surface area contributed by atoms with Crippen molar-refractivity contribution in [2.24, 2.45) is 0 Å². The molecule has 0 fully saturated rings. The van der Waals surface area contributed by atoms with Gasteiger partial charge in [0.05, 0.1) is 0 Å². The van der Waals surface area contributed by atoms with Crippen molar-refractivity contribution in [1.29, 1.82) is 0 Å². The summed E-state index contributed by atoms with van der Waals surface area (Å²) in [6.07, 6.45) is -0.863. The maximum absolute atomic E-state index is 13.0. The SMILES string of the molecule is Cc1ccc(C(C)F)cc1C(C)C. The van der Waals surface area contributed by atoms with E-state index in [1.165, 1.54) is 11.1 Å². The van der Waals surface area contributed by atoms with Crippen LogP contribution in [0.2, 0.25) is 0 Å². The molecule has 0 aliphatic rings. The molecule has 72 valence electrons. The lowest BCUT2D eigenvalue weighted by atomic mass is 9.95. The molecule has 0 saturated carbocycles. The molecular formula is C12H17F. The van der Waals surface area contributed by atoms with Crippen LogP contribution in [0.3, 0.4) is 0 Å². The van der Waals surface area contributed by atoms with E-state index in [-0.39, 0.29) is 0 Å². The molecule has 1 rings (SSSR count). The molecule has 0 bridgehead atoms. The minimum absolute atomic E-state index is 0.471. The molecule has 1 aromatic rings. The van der Waals surface area contributed by atoms with Gasteiger partial charge >= 0.3 is 0 Å². The monoisotopic (exact) mass is 180 g/mol. The van der Waals surface area contributed by atoms with E-state index in [1.807, 2.05) is 18.2 Å². The molecule has 0 aromatic heterocycles. The van der Waals surface area contributed by atoms with Gasteiger partial charge in [-0.2, -0.15) is 0 Å². The van der Waals surface area contributed by atoms with Gasteiger partial charge in [-0.15, -0.1) is 0 Å². The first kappa shape index (κ1) is 10.2. The Labute approximate surface area is 79.8 Å². The number of hydrogen-bond donors (Lipinski definition) is 0. The standard InChI is InChI=1S/C12H17F/c1-8(2)12-7-11(10(4)13)6-5-9(12)3/h5-8,10H,1-4H3. The van der Waals surface area contributed by atoms with Crippen LogP contribution >= 0.6 is 0 Å². The lowest BCUT2D eigenvalue weighted by Gasteiger charge is -2.12. The minimum Gasteiger partial charge on any atom is -0.243 e. The molecule has 0 heterocycles. The number of aryl methyl sites for hydroxylation is 1. The zero-order chi connectivity index (χ0) is 10.0. The summed E-state index contributed by atoms with van der Waals surface area (Å²) in [5, 5.41) is 0. The third-order valence-electron chi connectivity index (χ3n) is 2.38. The van der Waals surface area contributed by atoms with E-state index in [1.54, 1.807) is 6.92 Å². The van der Waals surface area contributed by atoms with Crippen molar-refractivity contribution in [3.05, 3.63) is 34.9 Å². The average molecular weight is 180 g/mol. The van der Waals surface area contributed by atoms with Gasteiger partial charge in [-0.3, -0.25) is 0 Å². The van der Waals surface area contributed by atoms with Gasteiger partial charge in [-0.1, -0.05) is 32.0 Å². The Hall–Kier alpha value is -0.850. The summed E-state index contributed by atoms with van der Waals surface area (Å²) in [5.41, 5.74) is 3.29. The maximum Gasteiger partial charge on any atom is 0.122 e. The van der Waals surface area contributed by atoms with Crippen molar-refractivity contribution in [3.63, 3.8) is 0 Å². The number of rotatable bonds is 2. The summed E-state index contributed by atoms with van der Waals surface area (Å²) in [5.74, 6) is 0.471. The Kier molecular flexibility index (Phi) is 3.07. The van der Waals surface area contributed by atoms with Crippen LogP contribution in [0.15, 0.2) is 18.2 Å². The molecule has 0 nitrogen and oxygen atoms in total. The molecule has 0 radical (unpaired) electrons. The number of halogens is 1. The molecule has 0 spiro atoms. The molecule has 1 heteroatoms. The second-order valence-electron chi connectivity index (χ2n) is 3.89. The van der Waals surface area contributed by atoms with Crippen LogP contribution in [0.4, 0.5) is 4.39 Å². The third kappa shape index (κ3) is 2.30. The van der Waals surface area contributed by atoms with E-state index in [9.17, 15) is 4.39 Å². The number of alkyl halides is 1. The number of benzene rings is 1. The van der Waals surface area contributed by atoms with Crippen LogP contribution in [0.5, 0.6) is 0 Å². The van der Waals surface area contributed by atoms with Crippen molar-refractivity contribution < 1.29 is 4.39 Å². The smallest absolute Gasteiger partial charge is 0.122 e. The van der Waals surface area contributed by atoms with Crippen LogP contribution in [-0.4, -0.2) is 0 Å². The van der Waals surface area contributed by atoms with Crippen molar-refractivity contribution in [1.82, 2.24) is 0 Å². The van der Waals surface area contributed by atoms with Crippen LogP contribution in [-0.2, 0) is 0 Å². The van der Waals surface area contributed by atoms with Gasteiger partial charge in [0.25, 0.3) is 0 Å². The summed E-state index contributed by atoms with van der Waals surface area (Å²) >= 11 is 0. The summed E-state index contributed by atoms with van der Waals surface area (Å²) in [6.45, 7) is 7.92. The molecule has 1 atom stereocenters. The van der Waals surface area contributed by atoms with Gasteiger partial charge < -0.3 is 0 Å². The summed E-state index contributed by atoms with van der Waals surface area (Å²) < 4.78 is 13.0. The van der Waals surface area contributed by atoms with Gasteiger partial charge in [-0.25, -0.2) is 4.39 Å². The summed E-state index contributed by atoms with van der Waals surface area (Å²) in [4.78, 5) is 0. The second-order valence-corrected chi connectivity index (χ2v) is 3.89. The molecule has 0 aliphatic heterocycles. The predicted molar refractivity (Wildman–Crippen MR) is 54.8 cm³/mol. The molecule has 0 aliphatic carbocycles. The Bertz CT molecular complexity index is 287. The van der Waals surface area contributed by atoms with E-state index in [2.05, 4.69) is 20.8 Å². The molecule has 1 aromatic carbocycles. The van der Waals surface area contributed by atoms with Crippen LogP contribution in [0.25, 0.3) is 0 Å². The highest BCUT2D eigenvalue weighted by Gasteiger charge is 2.07. The quantitative estimate of drug-likeness (QED) is 0.641. The van der Waals surface area contributed by atoms with E-state index >= 15 is 0 Å². The first-order valence-corrected chi connectivity index (χ1v) is 4.77. The fourth-order valence-electron chi connectivity index (χ4n) is 1.53. The molecular weight excluding hydrogens is 163 g/mol. The van der Waals surface area contributed by atoms with Crippen LogP contribution in [0, 0.1) is 6.92 Å². The van der Waals surface area contributed by atoms with Crippen molar-refractivity contribution in [3.8, 4) is 0 Å². The normalized spacial score (nSPS) is 13.4. The largest absolute Gasteiger partial charge is 0.243 e. The maximum atomic E-state index is 13.0. The average Bonchev–Trinajstić information content (AvgIpc) is 2.04. The Morgan fingerprint density at radius 2 is 1.77 bits per heavy atom. The molecule has 0 saturated heterocycles. The van der Waals surface area contributed by atoms with Crippen LogP contribution < -0.4 is 0 Å². The first-order valence-electron chi connectivity index (χ1n) is 4.77. The van der Waals surface area contributed by atoms with E-state index < -0.39 is 6.17 Å². The van der Waals surface area contributed by atoms with Gasteiger partial charge in [-0.05, 0) is 36.5 Å². The topological polar surface area (TPSA) is 0 Å². The van der Waals surface area contributed by atoms with Crippen molar-refractivity contribution >= 4 is 0 Å². The lowest BCUT2D eigenvalue weighted by molar-refractivity contribution is 0.374. The fourth-order valence-corrected chi connectivity index (χ4v) is 1.53. The molecule has 0 amide bonds. The van der Waals surface area contributed by atoms with E-state index in [0.29, 0.717) is 5.92 Å². The van der Waals surface area contributed by atoms with E-state index in [4.69, 9.17) is 0 Å². The highest BCUT2D eigenvalue weighted by Crippen LogP contribution is 2.24. The van der Waals surface area contributed by atoms with Gasteiger partial charge in [0.2, 0.25) is 0 Å². The Balaban J connectivity index is 3.11. The fraction of sp³-hybridized carbons (Fsp3) is 0.500. The Morgan fingerprint density at radius 3 is 2.23 bits per heavy atom. The zero-order valence-electron chi connectivity index (χ0n) is 8.76. The van der Waals surface area contributed by atoms with Crippen molar-refractivity contribution in [2.75, 3.05) is 0 Å². The predicted octanol–water partition coefficient (Wildman–Crippen LogP) is 4.15. The summed E-state index contributed by atoms with van der Waals surface area (Å²) in [7, 11) is 0. The first-order chi connectivity index (χ1) is 6.02. The molecule has 13 heavy (non-hydrogen) atoms. The zero-order valence-corrected chi connectivity index (χ0v) is 8.76. The highest BCUT2D eigenvalue weighted by molar-refractivity contribution is 5.34. The van der Waals surface area contributed by atoms with Gasteiger partial charge in [0.15, 0.2) is 0 Å².